The lowest BCUT2D eigenvalue weighted by Crippen LogP contribution is -2.38. The smallest absolute Gasteiger partial charge is 0.214 e. The Kier molecular flexibility index (Phi) is 4.36. The van der Waals surface area contributed by atoms with Crippen LogP contribution in [-0.4, -0.2) is 49.8 Å². The maximum atomic E-state index is 12.5. The van der Waals surface area contributed by atoms with E-state index in [0.717, 1.165) is 36.4 Å². The number of aryl methyl sites for hydroxylation is 2. The van der Waals surface area contributed by atoms with Crippen LogP contribution in [0.25, 0.3) is 0 Å². The number of hydrogen-bond acceptors (Lipinski definition) is 5. The Hall–Kier alpha value is -0.500. The van der Waals surface area contributed by atoms with E-state index in [1.54, 1.807) is 21.2 Å². The summed E-state index contributed by atoms with van der Waals surface area (Å²) in [6.07, 6.45) is 3.64. The second-order valence-corrected chi connectivity index (χ2v) is 9.19. The van der Waals surface area contributed by atoms with Crippen LogP contribution in [0.2, 0.25) is 0 Å². The predicted octanol–water partition coefficient (Wildman–Crippen LogP) is 1.83. The summed E-state index contributed by atoms with van der Waals surface area (Å²) >= 11 is 1.54. The number of nitrogens with zero attached hydrogens (tertiary/aromatic N) is 2. The van der Waals surface area contributed by atoms with E-state index in [0.29, 0.717) is 26.1 Å². The van der Waals surface area contributed by atoms with Gasteiger partial charge in [-0.15, -0.1) is 11.3 Å². The van der Waals surface area contributed by atoms with Crippen LogP contribution in [0.4, 0.5) is 0 Å². The van der Waals surface area contributed by atoms with Crippen LogP contribution in [0, 0.1) is 12.3 Å². The average molecular weight is 330 g/mol. The minimum absolute atomic E-state index is 0.0751. The summed E-state index contributed by atoms with van der Waals surface area (Å²) in [5.74, 6) is 0.187. The molecule has 0 aromatic carbocycles. The van der Waals surface area contributed by atoms with E-state index < -0.39 is 10.0 Å². The third-order valence-electron chi connectivity index (χ3n) is 4.63. The Morgan fingerprint density at radius 3 is 3.00 bits per heavy atom. The molecular formula is C14H22N2O3S2. The quantitative estimate of drug-likeness (QED) is 0.845. The number of ether oxygens (including phenoxy) is 1. The summed E-state index contributed by atoms with van der Waals surface area (Å²) in [5, 5.41) is 0. The Morgan fingerprint density at radius 1 is 1.48 bits per heavy atom. The molecule has 2 saturated heterocycles. The minimum atomic E-state index is -3.17. The molecule has 0 radical (unpaired) electrons. The summed E-state index contributed by atoms with van der Waals surface area (Å²) in [4.78, 5) is 5.25. The molecule has 0 amide bonds. The molecule has 3 rings (SSSR count). The van der Waals surface area contributed by atoms with Gasteiger partial charge in [-0.05, 0) is 32.6 Å². The lowest BCUT2D eigenvalue weighted by atomic mass is 9.82. The molecule has 0 N–H and O–H groups in total. The van der Waals surface area contributed by atoms with Gasteiger partial charge in [0.05, 0.1) is 23.6 Å². The largest absolute Gasteiger partial charge is 0.381 e. The van der Waals surface area contributed by atoms with Gasteiger partial charge in [-0.25, -0.2) is 17.7 Å². The van der Waals surface area contributed by atoms with E-state index in [1.807, 2.05) is 6.92 Å². The zero-order chi connectivity index (χ0) is 14.9. The minimum Gasteiger partial charge on any atom is -0.381 e. The van der Waals surface area contributed by atoms with E-state index in [9.17, 15) is 8.42 Å². The Bertz CT molecular complexity index is 591. The molecule has 7 heteroatoms. The van der Waals surface area contributed by atoms with Crippen molar-refractivity contribution in [1.29, 1.82) is 0 Å². The van der Waals surface area contributed by atoms with Crippen molar-refractivity contribution in [2.45, 2.75) is 32.6 Å². The number of rotatable bonds is 4. The number of hydrogen-bond donors (Lipinski definition) is 0. The zero-order valence-corrected chi connectivity index (χ0v) is 14.0. The van der Waals surface area contributed by atoms with Gasteiger partial charge in [-0.2, -0.15) is 0 Å². The number of sulfonamides is 1. The van der Waals surface area contributed by atoms with Gasteiger partial charge in [-0.3, -0.25) is 0 Å². The Labute approximate surface area is 130 Å². The van der Waals surface area contributed by atoms with Crippen LogP contribution in [0.3, 0.4) is 0 Å². The van der Waals surface area contributed by atoms with Gasteiger partial charge in [0.15, 0.2) is 0 Å². The van der Waals surface area contributed by atoms with Crippen LogP contribution >= 0.6 is 11.3 Å². The molecule has 1 atom stereocenters. The fourth-order valence-corrected chi connectivity index (χ4v) is 5.75. The molecule has 3 heterocycles. The van der Waals surface area contributed by atoms with Crippen molar-refractivity contribution in [3.8, 4) is 0 Å². The molecule has 0 aliphatic carbocycles. The fraction of sp³-hybridized carbons (Fsp3) is 0.786. The first kappa shape index (κ1) is 15.4. The highest BCUT2D eigenvalue weighted by atomic mass is 32.2. The second kappa shape index (κ2) is 5.95. The average Bonchev–Trinajstić information content (AvgIpc) is 3.05. The molecule has 2 aliphatic heterocycles. The topological polar surface area (TPSA) is 59.5 Å². The lowest BCUT2D eigenvalue weighted by Gasteiger charge is -2.32. The molecule has 0 bridgehead atoms. The molecule has 1 unspecified atom stereocenters. The molecule has 1 aromatic heterocycles. The monoisotopic (exact) mass is 330 g/mol. The first-order chi connectivity index (χ1) is 10.0. The van der Waals surface area contributed by atoms with E-state index in [4.69, 9.17) is 4.74 Å². The third-order valence-corrected chi connectivity index (χ3v) is 7.45. The van der Waals surface area contributed by atoms with E-state index in [-0.39, 0.29) is 11.2 Å². The zero-order valence-electron chi connectivity index (χ0n) is 12.4. The molecule has 0 saturated carbocycles. The van der Waals surface area contributed by atoms with E-state index in [2.05, 4.69) is 4.98 Å². The predicted molar refractivity (Wildman–Crippen MR) is 83.0 cm³/mol. The maximum absolute atomic E-state index is 12.5. The molecular weight excluding hydrogens is 308 g/mol. The third kappa shape index (κ3) is 3.31. The molecule has 118 valence electrons. The van der Waals surface area contributed by atoms with Crippen molar-refractivity contribution in [2.75, 3.05) is 32.1 Å². The van der Waals surface area contributed by atoms with Gasteiger partial charge in [0.25, 0.3) is 0 Å². The van der Waals surface area contributed by atoms with E-state index >= 15 is 0 Å². The molecule has 1 spiro atoms. The fourth-order valence-electron chi connectivity index (χ4n) is 3.28. The maximum Gasteiger partial charge on any atom is 0.214 e. The van der Waals surface area contributed by atoms with Crippen LogP contribution in [0.15, 0.2) is 5.51 Å². The highest BCUT2D eigenvalue weighted by molar-refractivity contribution is 7.89. The van der Waals surface area contributed by atoms with Gasteiger partial charge < -0.3 is 4.74 Å². The SMILES string of the molecule is Cc1ncsc1CCS(=O)(=O)N1CCC2(CCCOC2)C1. The Balaban J connectivity index is 1.62. The van der Waals surface area contributed by atoms with Gasteiger partial charge in [0.2, 0.25) is 10.0 Å². The first-order valence-corrected chi connectivity index (χ1v) is 9.94. The molecule has 21 heavy (non-hydrogen) atoms. The van der Waals surface area contributed by atoms with Gasteiger partial charge >= 0.3 is 0 Å². The van der Waals surface area contributed by atoms with Crippen molar-refractivity contribution in [3.63, 3.8) is 0 Å². The Morgan fingerprint density at radius 2 is 2.33 bits per heavy atom. The first-order valence-electron chi connectivity index (χ1n) is 7.45. The van der Waals surface area contributed by atoms with Gasteiger partial charge in [0.1, 0.15) is 0 Å². The number of thiazole rings is 1. The highest BCUT2D eigenvalue weighted by Gasteiger charge is 2.43. The second-order valence-electron chi connectivity index (χ2n) is 6.17. The number of aromatic nitrogens is 1. The molecule has 2 fully saturated rings. The summed E-state index contributed by atoms with van der Waals surface area (Å²) in [7, 11) is -3.17. The van der Waals surface area contributed by atoms with Crippen molar-refractivity contribution in [1.82, 2.24) is 9.29 Å². The van der Waals surface area contributed by atoms with Crippen molar-refractivity contribution in [2.24, 2.45) is 5.41 Å². The summed E-state index contributed by atoms with van der Waals surface area (Å²) in [6, 6.07) is 0. The summed E-state index contributed by atoms with van der Waals surface area (Å²) < 4.78 is 32.3. The van der Waals surface area contributed by atoms with Crippen molar-refractivity contribution < 1.29 is 13.2 Å². The summed E-state index contributed by atoms with van der Waals surface area (Å²) in [6.45, 7) is 4.75. The van der Waals surface area contributed by atoms with Crippen LogP contribution in [0.1, 0.15) is 29.8 Å². The van der Waals surface area contributed by atoms with Crippen LogP contribution in [-0.2, 0) is 21.2 Å². The van der Waals surface area contributed by atoms with E-state index in [1.165, 1.54) is 0 Å². The lowest BCUT2D eigenvalue weighted by molar-refractivity contribution is 0.000901. The van der Waals surface area contributed by atoms with Crippen LogP contribution < -0.4 is 0 Å². The molecule has 5 nitrogen and oxygen atoms in total. The van der Waals surface area contributed by atoms with Gasteiger partial charge in [-0.1, -0.05) is 0 Å². The van der Waals surface area contributed by atoms with Crippen molar-refractivity contribution in [3.05, 3.63) is 16.1 Å². The van der Waals surface area contributed by atoms with Gasteiger partial charge in [0, 0.05) is 30.0 Å². The molecule has 1 aromatic rings. The highest BCUT2D eigenvalue weighted by Crippen LogP contribution is 2.39. The van der Waals surface area contributed by atoms with Crippen LogP contribution in [0.5, 0.6) is 0 Å². The normalized spacial score (nSPS) is 27.5. The van der Waals surface area contributed by atoms with Crippen molar-refractivity contribution >= 4 is 21.4 Å². The molecule has 2 aliphatic rings. The summed E-state index contributed by atoms with van der Waals surface area (Å²) in [5.41, 5.74) is 2.81. The standard InChI is InChI=1S/C14H22N2O3S2/c1-12-13(20-11-15-12)3-8-21(17,18)16-6-5-14(9-16)4-2-7-19-10-14/h11H,2-10H2,1H3.